The first-order valence-electron chi connectivity index (χ1n) is 12.1. The van der Waals surface area contributed by atoms with E-state index in [4.69, 9.17) is 9.47 Å². The van der Waals surface area contributed by atoms with Gasteiger partial charge in [-0.05, 0) is 34.5 Å². The Morgan fingerprint density at radius 3 is 2.05 bits per heavy atom. The maximum atomic E-state index is 13.6. The summed E-state index contributed by atoms with van der Waals surface area (Å²) in [6.45, 7) is 0. The van der Waals surface area contributed by atoms with E-state index in [1.54, 1.807) is 24.3 Å². The maximum Gasteiger partial charge on any atom is 0.300 e. The van der Waals surface area contributed by atoms with Gasteiger partial charge in [-0.1, -0.05) is 48.5 Å². The van der Waals surface area contributed by atoms with Gasteiger partial charge in [0.15, 0.2) is 0 Å². The van der Waals surface area contributed by atoms with E-state index in [1.165, 1.54) is 19.1 Å². The zero-order chi connectivity index (χ0) is 27.0. The summed E-state index contributed by atoms with van der Waals surface area (Å²) in [4.78, 5) is 30.5. The van der Waals surface area contributed by atoms with E-state index in [-0.39, 0.29) is 11.3 Å². The SMILES string of the molecule is COc1cc(OC)cc(N2C(=O)C(=O)/C(=C(\O)c3ccc4ccccc4c3)C2c2ccc(N(C)C)cc2)c1. The van der Waals surface area contributed by atoms with Gasteiger partial charge < -0.3 is 19.5 Å². The van der Waals surface area contributed by atoms with Crippen molar-refractivity contribution in [1.29, 1.82) is 0 Å². The van der Waals surface area contributed by atoms with Gasteiger partial charge >= 0.3 is 0 Å². The standard InChI is InChI=1S/C31H28N2O5/c1-32(2)23-13-11-20(12-14-23)28-27(29(34)22-10-9-19-7-5-6-8-21(19)15-22)30(35)31(36)33(28)24-16-25(37-3)18-26(17-24)38-4/h5-18,28,34H,1-4H3/b29-27-. The molecule has 0 radical (unpaired) electrons. The van der Waals surface area contributed by atoms with E-state index >= 15 is 0 Å². The molecule has 4 aromatic rings. The number of methoxy groups -OCH3 is 2. The van der Waals surface area contributed by atoms with Crippen LogP contribution in [0.15, 0.2) is 90.5 Å². The highest BCUT2D eigenvalue weighted by molar-refractivity contribution is 6.51. The summed E-state index contributed by atoms with van der Waals surface area (Å²) in [6, 6.07) is 24.9. The largest absolute Gasteiger partial charge is 0.507 e. The fraction of sp³-hybridized carbons (Fsp3) is 0.161. The predicted octanol–water partition coefficient (Wildman–Crippen LogP) is 5.55. The molecule has 4 aromatic carbocycles. The molecule has 1 aliphatic rings. The predicted molar refractivity (Wildman–Crippen MR) is 149 cm³/mol. The lowest BCUT2D eigenvalue weighted by Gasteiger charge is -2.26. The Morgan fingerprint density at radius 2 is 1.45 bits per heavy atom. The number of benzene rings is 4. The number of Topliss-reactive ketones (excluding diaryl/α,β-unsaturated/α-hetero) is 1. The first-order valence-corrected chi connectivity index (χ1v) is 12.1. The van der Waals surface area contributed by atoms with Gasteiger partial charge in [-0.15, -0.1) is 0 Å². The van der Waals surface area contributed by atoms with Gasteiger partial charge in [0.2, 0.25) is 0 Å². The molecule has 192 valence electrons. The molecule has 1 aliphatic heterocycles. The Hall–Kier alpha value is -4.78. The average Bonchev–Trinajstić information content (AvgIpc) is 3.21. The summed E-state index contributed by atoms with van der Waals surface area (Å²) in [7, 11) is 6.90. The summed E-state index contributed by atoms with van der Waals surface area (Å²) in [6.07, 6.45) is 0. The van der Waals surface area contributed by atoms with Crippen LogP contribution in [0.1, 0.15) is 17.2 Å². The van der Waals surface area contributed by atoms with Gasteiger partial charge in [0.1, 0.15) is 17.3 Å². The molecular weight excluding hydrogens is 480 g/mol. The lowest BCUT2D eigenvalue weighted by Crippen LogP contribution is -2.29. The van der Waals surface area contributed by atoms with Crippen LogP contribution in [-0.2, 0) is 9.59 Å². The molecule has 1 N–H and O–H groups in total. The van der Waals surface area contributed by atoms with Gasteiger partial charge in [0, 0.05) is 43.5 Å². The third kappa shape index (κ3) is 4.32. The number of amides is 1. The van der Waals surface area contributed by atoms with Gasteiger partial charge in [-0.3, -0.25) is 14.5 Å². The molecule has 0 spiro atoms. The minimum absolute atomic E-state index is 0.0182. The highest BCUT2D eigenvalue weighted by Gasteiger charge is 2.47. The van der Waals surface area contributed by atoms with Crippen molar-refractivity contribution in [3.63, 3.8) is 0 Å². The number of hydrogen-bond donors (Lipinski definition) is 1. The molecular formula is C31H28N2O5. The Morgan fingerprint density at radius 1 is 0.816 bits per heavy atom. The second-order valence-electron chi connectivity index (χ2n) is 9.29. The quantitative estimate of drug-likeness (QED) is 0.209. The van der Waals surface area contributed by atoms with Crippen molar-refractivity contribution in [2.75, 3.05) is 38.1 Å². The van der Waals surface area contributed by atoms with Crippen molar-refractivity contribution < 1.29 is 24.2 Å². The molecule has 1 fully saturated rings. The van der Waals surface area contributed by atoms with Crippen LogP contribution in [0.5, 0.6) is 11.5 Å². The van der Waals surface area contributed by atoms with Crippen LogP contribution in [0.3, 0.4) is 0 Å². The van der Waals surface area contributed by atoms with Crippen molar-refractivity contribution >= 4 is 39.6 Å². The fourth-order valence-electron chi connectivity index (χ4n) is 4.79. The molecule has 1 saturated heterocycles. The minimum atomic E-state index is -0.866. The third-order valence-corrected chi connectivity index (χ3v) is 6.81. The highest BCUT2D eigenvalue weighted by atomic mass is 16.5. The summed E-state index contributed by atoms with van der Waals surface area (Å²) in [5.74, 6) is -0.799. The summed E-state index contributed by atoms with van der Waals surface area (Å²) in [5, 5.41) is 13.4. The number of fused-ring (bicyclic) bond motifs is 1. The summed E-state index contributed by atoms with van der Waals surface area (Å²) >= 11 is 0. The van der Waals surface area contributed by atoms with Gasteiger partial charge in [0.25, 0.3) is 11.7 Å². The summed E-state index contributed by atoms with van der Waals surface area (Å²) in [5.41, 5.74) is 2.54. The van der Waals surface area contributed by atoms with Crippen molar-refractivity contribution in [1.82, 2.24) is 0 Å². The molecule has 1 unspecified atom stereocenters. The number of ether oxygens (including phenoxy) is 2. The zero-order valence-corrected chi connectivity index (χ0v) is 21.6. The molecule has 7 nitrogen and oxygen atoms in total. The molecule has 38 heavy (non-hydrogen) atoms. The average molecular weight is 509 g/mol. The van der Waals surface area contributed by atoms with E-state index in [0.29, 0.717) is 28.3 Å². The molecule has 0 saturated carbocycles. The minimum Gasteiger partial charge on any atom is -0.507 e. The molecule has 5 rings (SSSR count). The molecule has 0 aliphatic carbocycles. The first kappa shape index (κ1) is 24.9. The van der Waals surface area contributed by atoms with Crippen molar-refractivity contribution in [3.05, 3.63) is 102 Å². The second-order valence-corrected chi connectivity index (χ2v) is 9.29. The van der Waals surface area contributed by atoms with Crippen molar-refractivity contribution in [2.45, 2.75) is 6.04 Å². The summed E-state index contributed by atoms with van der Waals surface area (Å²) < 4.78 is 10.8. The normalized spacial score (nSPS) is 16.6. The molecule has 0 bridgehead atoms. The number of rotatable bonds is 6. The third-order valence-electron chi connectivity index (χ3n) is 6.81. The Kier molecular flexibility index (Phi) is 6.51. The topological polar surface area (TPSA) is 79.3 Å². The fourth-order valence-corrected chi connectivity index (χ4v) is 4.79. The van der Waals surface area contributed by atoms with E-state index in [9.17, 15) is 14.7 Å². The number of hydrogen-bond acceptors (Lipinski definition) is 6. The number of nitrogens with zero attached hydrogens (tertiary/aromatic N) is 2. The van der Waals surface area contributed by atoms with Crippen molar-refractivity contribution in [2.24, 2.45) is 0 Å². The van der Waals surface area contributed by atoms with Gasteiger partial charge in [-0.2, -0.15) is 0 Å². The zero-order valence-electron chi connectivity index (χ0n) is 21.6. The van der Waals surface area contributed by atoms with Crippen LogP contribution < -0.4 is 19.3 Å². The van der Waals surface area contributed by atoms with E-state index in [1.807, 2.05) is 79.7 Å². The maximum absolute atomic E-state index is 13.6. The van der Waals surface area contributed by atoms with Crippen LogP contribution in [0.2, 0.25) is 0 Å². The molecule has 1 amide bonds. The number of aliphatic hydroxyl groups is 1. The Labute approximate surface area is 221 Å². The first-order chi connectivity index (χ1) is 18.3. The van der Waals surface area contributed by atoms with Gasteiger partial charge in [0.05, 0.1) is 31.5 Å². The number of carbonyl (C=O) groups excluding carboxylic acids is 2. The van der Waals surface area contributed by atoms with Crippen LogP contribution >= 0.6 is 0 Å². The smallest absolute Gasteiger partial charge is 0.300 e. The number of carbonyl (C=O) groups is 2. The molecule has 7 heteroatoms. The van der Waals surface area contributed by atoms with Crippen LogP contribution in [0, 0.1) is 0 Å². The lowest BCUT2D eigenvalue weighted by atomic mass is 9.94. The van der Waals surface area contributed by atoms with E-state index < -0.39 is 17.7 Å². The second kappa shape index (κ2) is 9.94. The van der Waals surface area contributed by atoms with Crippen LogP contribution in [0.25, 0.3) is 16.5 Å². The van der Waals surface area contributed by atoms with Gasteiger partial charge in [-0.25, -0.2) is 0 Å². The van der Waals surface area contributed by atoms with E-state index in [0.717, 1.165) is 16.5 Å². The molecule has 1 atom stereocenters. The van der Waals surface area contributed by atoms with Crippen LogP contribution in [0.4, 0.5) is 11.4 Å². The molecule has 1 heterocycles. The Bertz CT molecular complexity index is 1550. The molecule has 0 aromatic heterocycles. The lowest BCUT2D eigenvalue weighted by molar-refractivity contribution is -0.132. The number of ketones is 1. The number of anilines is 2. The monoisotopic (exact) mass is 508 g/mol. The van der Waals surface area contributed by atoms with Crippen LogP contribution in [-0.4, -0.2) is 45.1 Å². The highest BCUT2D eigenvalue weighted by Crippen LogP contribution is 2.44. The van der Waals surface area contributed by atoms with Crippen molar-refractivity contribution in [3.8, 4) is 11.5 Å². The van der Waals surface area contributed by atoms with E-state index in [2.05, 4.69) is 0 Å². The number of aliphatic hydroxyl groups excluding tert-OH is 1. The Balaban J connectivity index is 1.73.